The van der Waals surface area contributed by atoms with Crippen LogP contribution in [-0.2, 0) is 17.6 Å². The van der Waals surface area contributed by atoms with Gasteiger partial charge < -0.3 is 10.1 Å². The minimum Gasteiger partial charge on any atom is -0.372 e. The standard InChI is InChI=1S/C11H15BrF3N3O/c1-3-7-9(12)10(16-2)18-8(17-7)4-5-19-6-11(13,14)15/h3-6H2,1-2H3,(H,16,17,18). The molecular formula is C11H15BrF3N3O. The van der Waals surface area contributed by atoms with Crippen LogP contribution < -0.4 is 5.32 Å². The fraction of sp³-hybridized carbons (Fsp3) is 0.636. The molecule has 0 fully saturated rings. The lowest BCUT2D eigenvalue weighted by Gasteiger charge is -2.11. The molecule has 1 rings (SSSR count). The fourth-order valence-electron chi connectivity index (χ4n) is 1.41. The number of anilines is 1. The van der Waals surface area contributed by atoms with Crippen molar-refractivity contribution in [3.05, 3.63) is 16.0 Å². The first-order chi connectivity index (χ1) is 8.87. The highest BCUT2D eigenvalue weighted by Gasteiger charge is 2.27. The molecule has 1 N–H and O–H groups in total. The third-order valence-electron chi connectivity index (χ3n) is 2.27. The van der Waals surface area contributed by atoms with Gasteiger partial charge in [-0.2, -0.15) is 13.2 Å². The van der Waals surface area contributed by atoms with Gasteiger partial charge in [0.1, 0.15) is 18.2 Å². The zero-order valence-corrected chi connectivity index (χ0v) is 12.2. The van der Waals surface area contributed by atoms with Gasteiger partial charge in [-0.05, 0) is 22.4 Å². The zero-order valence-electron chi connectivity index (χ0n) is 10.6. The van der Waals surface area contributed by atoms with Gasteiger partial charge in [-0.1, -0.05) is 6.92 Å². The molecule has 0 saturated heterocycles. The molecule has 0 atom stereocenters. The lowest BCUT2D eigenvalue weighted by atomic mass is 10.3. The number of aromatic nitrogens is 2. The van der Waals surface area contributed by atoms with Crippen molar-refractivity contribution in [2.24, 2.45) is 0 Å². The molecule has 0 unspecified atom stereocenters. The topological polar surface area (TPSA) is 47.0 Å². The second-order valence-electron chi connectivity index (χ2n) is 3.77. The van der Waals surface area contributed by atoms with E-state index in [1.54, 1.807) is 7.05 Å². The Labute approximate surface area is 117 Å². The lowest BCUT2D eigenvalue weighted by Crippen LogP contribution is -2.18. The number of alkyl halides is 3. The highest BCUT2D eigenvalue weighted by atomic mass is 79.9. The molecule has 4 nitrogen and oxygen atoms in total. The molecule has 1 aromatic heterocycles. The Morgan fingerprint density at radius 1 is 1.32 bits per heavy atom. The van der Waals surface area contributed by atoms with Crippen molar-refractivity contribution >= 4 is 21.7 Å². The second kappa shape index (κ2) is 7.04. The summed E-state index contributed by atoms with van der Waals surface area (Å²) in [5, 5.41) is 2.91. The van der Waals surface area contributed by atoms with E-state index in [2.05, 4.69) is 36.0 Å². The van der Waals surface area contributed by atoms with Crippen LogP contribution in [0.25, 0.3) is 0 Å². The molecular weight excluding hydrogens is 327 g/mol. The molecule has 8 heteroatoms. The lowest BCUT2D eigenvalue weighted by molar-refractivity contribution is -0.173. The van der Waals surface area contributed by atoms with Gasteiger partial charge in [0.05, 0.1) is 16.8 Å². The van der Waals surface area contributed by atoms with Crippen molar-refractivity contribution in [2.75, 3.05) is 25.6 Å². The van der Waals surface area contributed by atoms with Crippen molar-refractivity contribution in [2.45, 2.75) is 25.9 Å². The predicted octanol–water partition coefficient (Wildman–Crippen LogP) is 2.96. The predicted molar refractivity (Wildman–Crippen MR) is 69.2 cm³/mol. The van der Waals surface area contributed by atoms with Crippen LogP contribution in [0.5, 0.6) is 0 Å². The van der Waals surface area contributed by atoms with E-state index in [-0.39, 0.29) is 13.0 Å². The molecule has 0 radical (unpaired) electrons. The fourth-order valence-corrected chi connectivity index (χ4v) is 2.06. The number of hydrogen-bond donors (Lipinski definition) is 1. The molecule has 0 aliphatic carbocycles. The quantitative estimate of drug-likeness (QED) is 0.808. The van der Waals surface area contributed by atoms with Gasteiger partial charge >= 0.3 is 6.18 Å². The van der Waals surface area contributed by atoms with Crippen LogP contribution in [0.4, 0.5) is 19.0 Å². The minimum absolute atomic E-state index is 0.0621. The Morgan fingerprint density at radius 2 is 2.00 bits per heavy atom. The first kappa shape index (κ1) is 16.2. The Balaban J connectivity index is 2.63. The van der Waals surface area contributed by atoms with Crippen molar-refractivity contribution in [3.8, 4) is 0 Å². The molecule has 0 spiro atoms. The van der Waals surface area contributed by atoms with Gasteiger partial charge in [-0.3, -0.25) is 0 Å². The number of nitrogens with one attached hydrogen (secondary N) is 1. The van der Waals surface area contributed by atoms with E-state index in [9.17, 15) is 13.2 Å². The van der Waals surface area contributed by atoms with E-state index in [1.165, 1.54) is 0 Å². The molecule has 1 aromatic rings. The van der Waals surface area contributed by atoms with Gasteiger partial charge in [0.15, 0.2) is 0 Å². The van der Waals surface area contributed by atoms with E-state index < -0.39 is 12.8 Å². The summed E-state index contributed by atoms with van der Waals surface area (Å²) in [4.78, 5) is 8.48. The second-order valence-corrected chi connectivity index (χ2v) is 4.56. The number of ether oxygens (including phenoxy) is 1. The molecule has 0 aliphatic rings. The first-order valence-corrected chi connectivity index (χ1v) is 6.54. The van der Waals surface area contributed by atoms with Crippen LogP contribution >= 0.6 is 15.9 Å². The summed E-state index contributed by atoms with van der Waals surface area (Å²) < 4.78 is 41.0. The van der Waals surface area contributed by atoms with Gasteiger partial charge in [0.2, 0.25) is 0 Å². The van der Waals surface area contributed by atoms with Crippen LogP contribution in [0, 0.1) is 0 Å². The average Bonchev–Trinajstić information content (AvgIpc) is 2.35. The van der Waals surface area contributed by atoms with Crippen molar-refractivity contribution in [1.29, 1.82) is 0 Å². The van der Waals surface area contributed by atoms with Crippen molar-refractivity contribution in [3.63, 3.8) is 0 Å². The van der Waals surface area contributed by atoms with Crippen LogP contribution in [-0.4, -0.2) is 36.4 Å². The molecule has 19 heavy (non-hydrogen) atoms. The van der Waals surface area contributed by atoms with E-state index in [4.69, 9.17) is 0 Å². The third kappa shape index (κ3) is 5.32. The monoisotopic (exact) mass is 341 g/mol. The van der Waals surface area contributed by atoms with Gasteiger partial charge in [0.25, 0.3) is 0 Å². The summed E-state index contributed by atoms with van der Waals surface area (Å²) in [6.07, 6.45) is -3.36. The zero-order chi connectivity index (χ0) is 14.5. The van der Waals surface area contributed by atoms with E-state index in [1.807, 2.05) is 6.92 Å². The minimum atomic E-state index is -4.30. The Hall–Kier alpha value is -0.890. The van der Waals surface area contributed by atoms with Crippen LogP contribution in [0.3, 0.4) is 0 Å². The van der Waals surface area contributed by atoms with Crippen LogP contribution in [0.1, 0.15) is 18.4 Å². The normalized spacial score (nSPS) is 11.7. The van der Waals surface area contributed by atoms with Gasteiger partial charge in [-0.25, -0.2) is 9.97 Å². The number of rotatable bonds is 6. The van der Waals surface area contributed by atoms with E-state index >= 15 is 0 Å². The summed E-state index contributed by atoms with van der Waals surface area (Å²) in [5.41, 5.74) is 0.810. The summed E-state index contributed by atoms with van der Waals surface area (Å²) in [7, 11) is 1.72. The largest absolute Gasteiger partial charge is 0.411 e. The molecule has 0 amide bonds. The molecule has 108 valence electrons. The first-order valence-electron chi connectivity index (χ1n) is 5.75. The third-order valence-corrected chi connectivity index (χ3v) is 3.11. The summed E-state index contributed by atoms with van der Waals surface area (Å²) in [6.45, 7) is 0.632. The number of halogens is 4. The Morgan fingerprint density at radius 3 is 2.53 bits per heavy atom. The van der Waals surface area contributed by atoms with Crippen molar-refractivity contribution < 1.29 is 17.9 Å². The maximum absolute atomic E-state index is 11.9. The van der Waals surface area contributed by atoms with E-state index in [0.717, 1.165) is 10.2 Å². The molecule has 0 bridgehead atoms. The van der Waals surface area contributed by atoms with E-state index in [0.29, 0.717) is 18.1 Å². The Bertz CT molecular complexity index is 401. The molecule has 1 heterocycles. The summed E-state index contributed by atoms with van der Waals surface area (Å²) in [5.74, 6) is 1.09. The SMILES string of the molecule is CCc1nc(CCOCC(F)(F)F)nc(NC)c1Br. The number of nitrogens with zero attached hydrogens (tertiary/aromatic N) is 2. The summed E-state index contributed by atoms with van der Waals surface area (Å²) >= 11 is 3.38. The summed E-state index contributed by atoms with van der Waals surface area (Å²) in [6, 6.07) is 0. The molecule has 0 aliphatic heterocycles. The maximum Gasteiger partial charge on any atom is 0.411 e. The van der Waals surface area contributed by atoms with Gasteiger partial charge in [0, 0.05) is 13.5 Å². The Kier molecular flexibility index (Phi) is 5.99. The van der Waals surface area contributed by atoms with Crippen molar-refractivity contribution in [1.82, 2.24) is 9.97 Å². The number of hydrogen-bond acceptors (Lipinski definition) is 4. The van der Waals surface area contributed by atoms with Crippen LogP contribution in [0.15, 0.2) is 4.47 Å². The molecule has 0 saturated carbocycles. The maximum atomic E-state index is 11.9. The number of aryl methyl sites for hydroxylation is 1. The van der Waals surface area contributed by atoms with Gasteiger partial charge in [-0.15, -0.1) is 0 Å². The smallest absolute Gasteiger partial charge is 0.372 e. The highest BCUT2D eigenvalue weighted by Crippen LogP contribution is 2.23. The highest BCUT2D eigenvalue weighted by molar-refractivity contribution is 9.10. The van der Waals surface area contributed by atoms with Crippen LogP contribution in [0.2, 0.25) is 0 Å². The average molecular weight is 342 g/mol. The molecule has 0 aromatic carbocycles.